The molecule has 1 aromatic rings. The van der Waals surface area contributed by atoms with Gasteiger partial charge in [0.25, 0.3) is 5.56 Å². The van der Waals surface area contributed by atoms with Crippen molar-refractivity contribution in [2.24, 2.45) is 5.92 Å². The van der Waals surface area contributed by atoms with Crippen molar-refractivity contribution >= 4 is 27.8 Å². The van der Waals surface area contributed by atoms with Gasteiger partial charge in [0.1, 0.15) is 6.54 Å². The molecule has 0 aromatic carbocycles. The summed E-state index contributed by atoms with van der Waals surface area (Å²) in [7, 11) is 0. The molecule has 6 nitrogen and oxygen atoms in total. The number of amides is 1. The van der Waals surface area contributed by atoms with Gasteiger partial charge in [-0.3, -0.25) is 14.4 Å². The van der Waals surface area contributed by atoms with Gasteiger partial charge >= 0.3 is 5.97 Å². The highest BCUT2D eigenvalue weighted by molar-refractivity contribution is 9.10. The van der Waals surface area contributed by atoms with Crippen LogP contribution in [0.15, 0.2) is 27.6 Å². The third-order valence-electron chi connectivity index (χ3n) is 2.65. The summed E-state index contributed by atoms with van der Waals surface area (Å²) in [6.07, 6.45) is 1.95. The van der Waals surface area contributed by atoms with Crippen LogP contribution in [0, 0.1) is 5.92 Å². The van der Waals surface area contributed by atoms with Gasteiger partial charge in [0, 0.05) is 23.3 Å². The van der Waals surface area contributed by atoms with E-state index in [-0.39, 0.29) is 24.6 Å². The average Bonchev–Trinajstić information content (AvgIpc) is 2.34. The van der Waals surface area contributed by atoms with E-state index in [0.29, 0.717) is 10.9 Å². The Labute approximate surface area is 118 Å². The van der Waals surface area contributed by atoms with Crippen molar-refractivity contribution in [1.29, 1.82) is 0 Å². The number of carboxylic acid groups (broad SMARTS) is 1. The van der Waals surface area contributed by atoms with E-state index in [0.717, 1.165) is 0 Å². The van der Waals surface area contributed by atoms with E-state index in [1.807, 2.05) is 0 Å². The van der Waals surface area contributed by atoms with Crippen molar-refractivity contribution < 1.29 is 14.7 Å². The molecule has 1 rings (SSSR count). The zero-order valence-electron chi connectivity index (χ0n) is 10.4. The van der Waals surface area contributed by atoms with Crippen molar-refractivity contribution in [1.82, 2.24) is 9.88 Å². The van der Waals surface area contributed by atoms with Crippen LogP contribution in [0.4, 0.5) is 0 Å². The number of carbonyl (C=O) groups is 2. The number of rotatable bonds is 6. The van der Waals surface area contributed by atoms with E-state index in [4.69, 9.17) is 5.11 Å². The van der Waals surface area contributed by atoms with E-state index in [2.05, 4.69) is 21.2 Å². The lowest BCUT2D eigenvalue weighted by Gasteiger charge is -2.11. The minimum absolute atomic E-state index is 0.0629. The van der Waals surface area contributed by atoms with Crippen molar-refractivity contribution in [3.8, 4) is 0 Å². The van der Waals surface area contributed by atoms with E-state index in [1.54, 1.807) is 13.0 Å². The van der Waals surface area contributed by atoms with Gasteiger partial charge in [0.2, 0.25) is 5.91 Å². The largest absolute Gasteiger partial charge is 0.481 e. The van der Waals surface area contributed by atoms with Crippen LogP contribution in [-0.4, -0.2) is 28.1 Å². The minimum atomic E-state index is -0.942. The summed E-state index contributed by atoms with van der Waals surface area (Å²) in [6.45, 7) is 1.67. The Balaban J connectivity index is 2.58. The molecule has 7 heteroatoms. The molecule has 1 aromatic heterocycles. The van der Waals surface area contributed by atoms with Gasteiger partial charge in [-0.15, -0.1) is 0 Å². The lowest BCUT2D eigenvalue weighted by Crippen LogP contribution is -2.36. The Morgan fingerprint density at radius 1 is 1.47 bits per heavy atom. The van der Waals surface area contributed by atoms with Gasteiger partial charge in [0.05, 0.1) is 5.92 Å². The molecule has 104 valence electrons. The molecule has 0 saturated carbocycles. The fraction of sp³-hybridized carbons (Fsp3) is 0.417. The van der Waals surface area contributed by atoms with Gasteiger partial charge in [-0.25, -0.2) is 0 Å². The first-order chi connectivity index (χ1) is 8.93. The molecule has 19 heavy (non-hydrogen) atoms. The molecule has 0 aliphatic rings. The van der Waals surface area contributed by atoms with Crippen LogP contribution in [0.25, 0.3) is 0 Å². The summed E-state index contributed by atoms with van der Waals surface area (Å²) in [5.41, 5.74) is -0.288. The minimum Gasteiger partial charge on any atom is -0.481 e. The van der Waals surface area contributed by atoms with Crippen molar-refractivity contribution in [3.63, 3.8) is 0 Å². The number of carbonyl (C=O) groups excluding carboxylic acids is 1. The molecular weight excluding hydrogens is 316 g/mol. The Hall–Kier alpha value is -1.63. The van der Waals surface area contributed by atoms with Gasteiger partial charge in [-0.1, -0.05) is 6.92 Å². The molecule has 0 aliphatic heterocycles. The van der Waals surface area contributed by atoms with Crippen LogP contribution >= 0.6 is 15.9 Å². The second-order valence-corrected chi connectivity index (χ2v) is 4.98. The number of nitrogens with zero attached hydrogens (tertiary/aromatic N) is 1. The summed E-state index contributed by atoms with van der Waals surface area (Å²) in [4.78, 5) is 33.9. The third-order valence-corrected chi connectivity index (χ3v) is 3.12. The van der Waals surface area contributed by atoms with Crippen LogP contribution in [0.1, 0.15) is 13.3 Å². The number of aromatic nitrogens is 1. The molecule has 1 heterocycles. The molecule has 0 bridgehead atoms. The van der Waals surface area contributed by atoms with E-state index in [9.17, 15) is 14.4 Å². The summed E-state index contributed by atoms with van der Waals surface area (Å²) < 4.78 is 1.94. The standard InChI is InChI=1S/C12H15BrN2O4/c1-2-8(12(18)19)5-14-10(16)7-15-6-9(13)3-4-11(15)17/h3-4,6,8H,2,5,7H2,1H3,(H,14,16)(H,18,19). The van der Waals surface area contributed by atoms with E-state index >= 15 is 0 Å². The van der Waals surface area contributed by atoms with Crippen LogP contribution in [-0.2, 0) is 16.1 Å². The highest BCUT2D eigenvalue weighted by Crippen LogP contribution is 2.04. The molecule has 0 radical (unpaired) electrons. The SMILES string of the molecule is CCC(CNC(=O)Cn1cc(Br)ccc1=O)C(=O)O. The summed E-state index contributed by atoms with van der Waals surface area (Å²) in [5.74, 6) is -1.94. The maximum atomic E-state index is 11.6. The number of carboxylic acids is 1. The van der Waals surface area contributed by atoms with Crippen molar-refractivity contribution in [2.45, 2.75) is 19.9 Å². The zero-order chi connectivity index (χ0) is 14.4. The predicted molar refractivity (Wildman–Crippen MR) is 72.8 cm³/mol. The second-order valence-electron chi connectivity index (χ2n) is 4.06. The Kier molecular flexibility index (Phi) is 5.75. The first-order valence-corrected chi connectivity index (χ1v) is 6.58. The number of nitrogens with one attached hydrogen (secondary N) is 1. The normalized spacial score (nSPS) is 11.9. The lowest BCUT2D eigenvalue weighted by atomic mass is 10.1. The quantitative estimate of drug-likeness (QED) is 0.808. The number of hydrogen-bond acceptors (Lipinski definition) is 3. The molecule has 0 saturated heterocycles. The van der Waals surface area contributed by atoms with Gasteiger partial charge in [-0.2, -0.15) is 0 Å². The Bertz CT molecular complexity index is 527. The third kappa shape index (κ3) is 4.86. The lowest BCUT2D eigenvalue weighted by molar-refractivity contribution is -0.141. The molecule has 0 aliphatic carbocycles. The first kappa shape index (κ1) is 15.4. The fourth-order valence-corrected chi connectivity index (χ4v) is 1.86. The Morgan fingerprint density at radius 3 is 2.74 bits per heavy atom. The average molecular weight is 331 g/mol. The molecule has 1 atom stereocenters. The summed E-state index contributed by atoms with van der Waals surface area (Å²) >= 11 is 3.21. The number of halogens is 1. The zero-order valence-corrected chi connectivity index (χ0v) is 12.0. The highest BCUT2D eigenvalue weighted by Gasteiger charge is 2.16. The van der Waals surface area contributed by atoms with Crippen molar-refractivity contribution in [3.05, 3.63) is 33.2 Å². The smallest absolute Gasteiger partial charge is 0.308 e. The van der Waals surface area contributed by atoms with Gasteiger partial charge in [0.15, 0.2) is 0 Å². The second kappa shape index (κ2) is 7.08. The number of pyridine rings is 1. The molecular formula is C12H15BrN2O4. The molecule has 0 fully saturated rings. The van der Waals surface area contributed by atoms with E-state index < -0.39 is 11.9 Å². The number of aliphatic carboxylic acids is 1. The monoisotopic (exact) mass is 330 g/mol. The van der Waals surface area contributed by atoms with Crippen LogP contribution in [0.3, 0.4) is 0 Å². The molecule has 0 spiro atoms. The predicted octanol–water partition coefficient (Wildman–Crippen LogP) is 0.838. The molecule has 1 amide bonds. The Morgan fingerprint density at radius 2 is 2.16 bits per heavy atom. The van der Waals surface area contributed by atoms with Crippen LogP contribution < -0.4 is 10.9 Å². The maximum absolute atomic E-state index is 11.6. The van der Waals surface area contributed by atoms with Crippen LogP contribution in [0.2, 0.25) is 0 Å². The first-order valence-electron chi connectivity index (χ1n) is 5.79. The summed E-state index contributed by atoms with van der Waals surface area (Å²) in [6, 6.07) is 2.94. The molecule has 2 N–H and O–H groups in total. The van der Waals surface area contributed by atoms with Crippen molar-refractivity contribution in [2.75, 3.05) is 6.54 Å². The van der Waals surface area contributed by atoms with Crippen LogP contribution in [0.5, 0.6) is 0 Å². The maximum Gasteiger partial charge on any atom is 0.308 e. The summed E-state index contributed by atoms with van der Waals surface area (Å²) in [5, 5.41) is 11.4. The van der Waals surface area contributed by atoms with E-state index in [1.165, 1.54) is 16.8 Å². The molecule has 1 unspecified atom stereocenters. The topological polar surface area (TPSA) is 88.4 Å². The van der Waals surface area contributed by atoms with Gasteiger partial charge in [-0.05, 0) is 28.4 Å². The highest BCUT2D eigenvalue weighted by atomic mass is 79.9. The fourth-order valence-electron chi connectivity index (χ4n) is 1.48. The number of hydrogen-bond donors (Lipinski definition) is 2. The van der Waals surface area contributed by atoms with Gasteiger partial charge < -0.3 is 15.0 Å².